The Kier molecular flexibility index (Phi) is 22.0. The fraction of sp³-hybridized carbons (Fsp3) is 0.944. The zero-order valence-electron chi connectivity index (χ0n) is 30.2. The fourth-order valence-electron chi connectivity index (χ4n) is 5.52. The highest BCUT2D eigenvalue weighted by Crippen LogP contribution is 2.37. The molecule has 1 rings (SSSR count). The second-order valence-electron chi connectivity index (χ2n) is 14.8. The maximum atomic E-state index is 12.9. The Morgan fingerprint density at radius 3 is 1.78 bits per heavy atom. The molecule has 3 N–H and O–H groups in total. The fourth-order valence-corrected chi connectivity index (χ4v) is 6.54. The van der Waals surface area contributed by atoms with Gasteiger partial charge in [0.05, 0.1) is 13.0 Å². The SMILES string of the molecule is CCCCCCCCCCCC(=O)CC(=O)N[C@@H]1[C@@H](OCCCCCCCCCC)[C@H](O)[C@@H](CO[Si](C)(C)C(C)(C)C)O[C@@H]1O. The Labute approximate surface area is 277 Å². The number of ketones is 1. The van der Waals surface area contributed by atoms with Crippen molar-refractivity contribution in [3.63, 3.8) is 0 Å². The average molecular weight is 658 g/mol. The number of carbonyl (C=O) groups is 2. The molecule has 1 fully saturated rings. The molecule has 0 aliphatic carbocycles. The lowest BCUT2D eigenvalue weighted by molar-refractivity contribution is -0.261. The Morgan fingerprint density at radius 1 is 0.778 bits per heavy atom. The first-order valence-electron chi connectivity index (χ1n) is 18.4. The predicted octanol–water partition coefficient (Wildman–Crippen LogP) is 7.98. The van der Waals surface area contributed by atoms with Crippen LogP contribution < -0.4 is 5.32 Å². The van der Waals surface area contributed by atoms with Crippen molar-refractivity contribution < 1.29 is 33.7 Å². The number of aliphatic hydroxyl groups excluding tert-OH is 2. The molecule has 0 unspecified atom stereocenters. The third-order valence-corrected chi connectivity index (χ3v) is 14.2. The van der Waals surface area contributed by atoms with Crippen LogP contribution in [0.5, 0.6) is 0 Å². The average Bonchev–Trinajstić information content (AvgIpc) is 2.97. The number of unbranched alkanes of at least 4 members (excludes halogenated alkanes) is 15. The Balaban J connectivity index is 2.65. The van der Waals surface area contributed by atoms with E-state index in [1.165, 1.54) is 70.6 Å². The molecule has 0 saturated carbocycles. The van der Waals surface area contributed by atoms with Crippen molar-refractivity contribution >= 4 is 20.0 Å². The maximum Gasteiger partial charge on any atom is 0.227 e. The minimum atomic E-state index is -2.12. The van der Waals surface area contributed by atoms with E-state index in [-0.39, 0.29) is 23.8 Å². The van der Waals surface area contributed by atoms with Crippen LogP contribution in [0.4, 0.5) is 0 Å². The zero-order chi connectivity index (χ0) is 33.7. The molecule has 1 aliphatic heterocycles. The van der Waals surface area contributed by atoms with Gasteiger partial charge in [-0.05, 0) is 31.0 Å². The largest absolute Gasteiger partial charge is 0.414 e. The van der Waals surface area contributed by atoms with E-state index in [9.17, 15) is 19.8 Å². The summed E-state index contributed by atoms with van der Waals surface area (Å²) in [4.78, 5) is 25.4. The number of ether oxygens (including phenoxy) is 2. The number of carbonyl (C=O) groups excluding carboxylic acids is 2. The van der Waals surface area contributed by atoms with E-state index in [1.54, 1.807) is 0 Å². The molecule has 8 nitrogen and oxygen atoms in total. The van der Waals surface area contributed by atoms with Crippen LogP contribution in [0.15, 0.2) is 0 Å². The molecule has 0 bridgehead atoms. The van der Waals surface area contributed by atoms with Gasteiger partial charge in [-0.2, -0.15) is 0 Å². The summed E-state index contributed by atoms with van der Waals surface area (Å²) in [6, 6.07) is -0.980. The summed E-state index contributed by atoms with van der Waals surface area (Å²) in [7, 11) is -2.12. The molecule has 0 aromatic rings. The molecule has 266 valence electrons. The summed E-state index contributed by atoms with van der Waals surface area (Å²) < 4.78 is 18.3. The van der Waals surface area contributed by atoms with E-state index in [1.807, 2.05) is 0 Å². The summed E-state index contributed by atoms with van der Waals surface area (Å²) in [5.41, 5.74) is 0. The number of rotatable bonds is 26. The molecule has 45 heavy (non-hydrogen) atoms. The van der Waals surface area contributed by atoms with Gasteiger partial charge in [0, 0.05) is 13.0 Å². The summed E-state index contributed by atoms with van der Waals surface area (Å²) >= 11 is 0. The van der Waals surface area contributed by atoms with Crippen LogP contribution >= 0.6 is 0 Å². The summed E-state index contributed by atoms with van der Waals surface area (Å²) in [6.45, 7) is 15.7. The number of aliphatic hydroxyl groups is 2. The lowest BCUT2D eigenvalue weighted by Gasteiger charge is -2.44. The van der Waals surface area contributed by atoms with Gasteiger partial charge >= 0.3 is 0 Å². The molecule has 1 heterocycles. The van der Waals surface area contributed by atoms with Crippen LogP contribution in [-0.4, -0.2) is 74.1 Å². The molecular weight excluding hydrogens is 586 g/mol. The Morgan fingerprint density at radius 2 is 1.27 bits per heavy atom. The molecule has 0 aromatic heterocycles. The molecule has 9 heteroatoms. The first kappa shape index (κ1) is 42.2. The standard InChI is InChI=1S/C36H71NO7Si/c1-8-10-12-14-16-18-19-21-23-25-29(38)27-31(39)37-32-34(42-26-24-22-20-17-15-13-11-9-2)33(40)30(44-35(32)41)28-43-45(6,7)36(3,4)5/h30,32-35,40-41H,8-28H2,1-7H3,(H,37,39)/t30-,32-,33-,34-,35+/m1/s1. The third-order valence-electron chi connectivity index (χ3n) is 9.66. The van der Waals surface area contributed by atoms with Crippen molar-refractivity contribution in [3.05, 3.63) is 0 Å². The van der Waals surface area contributed by atoms with Crippen molar-refractivity contribution in [1.82, 2.24) is 5.32 Å². The topological polar surface area (TPSA) is 114 Å². The molecular formula is C36H71NO7Si. The molecule has 0 radical (unpaired) electrons. The highest BCUT2D eigenvalue weighted by Gasteiger charge is 2.47. The van der Waals surface area contributed by atoms with E-state index < -0.39 is 44.9 Å². The van der Waals surface area contributed by atoms with Crippen molar-refractivity contribution in [2.45, 2.75) is 205 Å². The van der Waals surface area contributed by atoms with Gasteiger partial charge in [0.1, 0.15) is 30.1 Å². The van der Waals surface area contributed by atoms with Gasteiger partial charge < -0.3 is 29.4 Å². The van der Waals surface area contributed by atoms with E-state index in [2.05, 4.69) is 53.0 Å². The smallest absolute Gasteiger partial charge is 0.227 e. The van der Waals surface area contributed by atoms with Crippen molar-refractivity contribution in [2.75, 3.05) is 13.2 Å². The monoisotopic (exact) mass is 657 g/mol. The van der Waals surface area contributed by atoms with Crippen LogP contribution in [-0.2, 0) is 23.5 Å². The lowest BCUT2D eigenvalue weighted by atomic mass is 9.96. The molecule has 1 saturated heterocycles. The van der Waals surface area contributed by atoms with Crippen molar-refractivity contribution in [3.8, 4) is 0 Å². The Hall–Kier alpha value is -0.843. The summed E-state index contributed by atoms with van der Waals surface area (Å²) in [5, 5.41) is 25.1. The lowest BCUT2D eigenvalue weighted by Crippen LogP contribution is -2.65. The van der Waals surface area contributed by atoms with Gasteiger partial charge in [0.15, 0.2) is 14.6 Å². The number of hydrogen-bond acceptors (Lipinski definition) is 7. The summed E-state index contributed by atoms with van der Waals surface area (Å²) in [5.74, 6) is -0.591. The van der Waals surface area contributed by atoms with E-state index in [0.717, 1.165) is 38.5 Å². The number of nitrogens with one attached hydrogen (secondary N) is 1. The van der Waals surface area contributed by atoms with Crippen LogP contribution in [0.2, 0.25) is 18.1 Å². The van der Waals surface area contributed by atoms with Gasteiger partial charge in [-0.15, -0.1) is 0 Å². The first-order chi connectivity index (χ1) is 21.3. The highest BCUT2D eigenvalue weighted by atomic mass is 28.4. The Bertz CT molecular complexity index is 788. The maximum absolute atomic E-state index is 12.9. The molecule has 0 spiro atoms. The van der Waals surface area contributed by atoms with Crippen molar-refractivity contribution in [2.24, 2.45) is 0 Å². The minimum absolute atomic E-state index is 0.0189. The number of amides is 1. The normalized spacial score (nSPS) is 22.5. The van der Waals surface area contributed by atoms with E-state index in [0.29, 0.717) is 13.0 Å². The molecule has 1 amide bonds. The van der Waals surface area contributed by atoms with Gasteiger partial charge in [-0.3, -0.25) is 9.59 Å². The second kappa shape index (κ2) is 23.5. The number of Topliss-reactive ketones (excluding diaryl/α,β-unsaturated/α-hetero) is 1. The second-order valence-corrected chi connectivity index (χ2v) is 19.6. The molecule has 0 aromatic carbocycles. The van der Waals surface area contributed by atoms with Crippen LogP contribution in [0.25, 0.3) is 0 Å². The van der Waals surface area contributed by atoms with E-state index in [4.69, 9.17) is 13.9 Å². The third kappa shape index (κ3) is 17.8. The number of hydrogen-bond donors (Lipinski definition) is 3. The van der Waals surface area contributed by atoms with Crippen LogP contribution in [0.1, 0.15) is 157 Å². The van der Waals surface area contributed by atoms with Gasteiger partial charge in [0.25, 0.3) is 0 Å². The van der Waals surface area contributed by atoms with Gasteiger partial charge in [-0.25, -0.2) is 0 Å². The van der Waals surface area contributed by atoms with E-state index >= 15 is 0 Å². The zero-order valence-corrected chi connectivity index (χ0v) is 31.2. The minimum Gasteiger partial charge on any atom is -0.414 e. The summed E-state index contributed by atoms with van der Waals surface area (Å²) in [6.07, 6.45) is 15.7. The quantitative estimate of drug-likeness (QED) is 0.0491. The molecule has 5 atom stereocenters. The molecule has 1 aliphatic rings. The first-order valence-corrected chi connectivity index (χ1v) is 21.3. The van der Waals surface area contributed by atoms with Gasteiger partial charge in [-0.1, -0.05) is 131 Å². The van der Waals surface area contributed by atoms with Crippen molar-refractivity contribution in [1.29, 1.82) is 0 Å². The van der Waals surface area contributed by atoms with Crippen LogP contribution in [0, 0.1) is 0 Å². The highest BCUT2D eigenvalue weighted by molar-refractivity contribution is 6.74. The predicted molar refractivity (Wildman–Crippen MR) is 186 cm³/mol. The van der Waals surface area contributed by atoms with Crippen LogP contribution in [0.3, 0.4) is 0 Å². The van der Waals surface area contributed by atoms with Gasteiger partial charge in [0.2, 0.25) is 5.91 Å².